The summed E-state index contributed by atoms with van der Waals surface area (Å²) in [5.41, 5.74) is 19.3. The van der Waals surface area contributed by atoms with Gasteiger partial charge >= 0.3 is 6.85 Å². The first kappa shape index (κ1) is 42.4. The molecule has 5 heterocycles. The van der Waals surface area contributed by atoms with Gasteiger partial charge in [0.05, 0.1) is 25.7 Å². The van der Waals surface area contributed by atoms with Crippen molar-refractivity contribution in [3.05, 3.63) is 205 Å². The second kappa shape index (κ2) is 15.5. The Bertz CT molecular complexity index is 3940. The van der Waals surface area contributed by atoms with Gasteiger partial charge < -0.3 is 19.0 Å². The number of benzene rings is 9. The van der Waals surface area contributed by atoms with Gasteiger partial charge in [-0.05, 0) is 129 Å². The van der Waals surface area contributed by atoms with Gasteiger partial charge in [0.15, 0.2) is 0 Å². The smallest absolute Gasteiger partial charge is 0.333 e. The zero-order valence-corrected chi connectivity index (χ0v) is 42.3. The third-order valence-corrected chi connectivity index (χ3v) is 17.2. The lowest BCUT2D eigenvalue weighted by Crippen LogP contribution is -2.57. The van der Waals surface area contributed by atoms with Crippen molar-refractivity contribution in [3.63, 3.8) is 0 Å². The Morgan fingerprint density at radius 1 is 0.479 bits per heavy atom. The standard InChI is InChI=1S/C64H50BN3OS2/c1-63(2,3)40-30-31-51(46(32-40)39-20-10-7-11-21-39)67-52-38-58-55(69-54-27-17-19-29-57(54)70-58)37-50(52)65-59-47(33-41(34-53(59)67)64(4,5)6)48-35-44(66(42-22-12-8-13-23-42)43-24-14-9-15-25-43)36-49-60(48)68(65)61-45-26-16-18-28-56(45)71-62(49)61/h7-38H,1-6H3. The number of hydrogen-bond acceptors (Lipinski definition) is 5. The number of ether oxygens (including phenoxy) is 1. The molecule has 71 heavy (non-hydrogen) atoms. The SMILES string of the molecule is CC(C)(C)c1ccc(N2c3cc4c(cc3B3c5c(cc(C(C)(C)C)cc52)-c2cc(N(c5ccccc5)c5ccccc5)cc5c6sc7ccccc7c6n3c25)Oc2ccccc2S4)c(-c2ccccc2)c1. The number of hydrogen-bond donors (Lipinski definition) is 0. The number of para-hydroxylation sites is 3. The summed E-state index contributed by atoms with van der Waals surface area (Å²) in [5, 5.41) is 2.55. The van der Waals surface area contributed by atoms with Gasteiger partial charge in [-0.25, -0.2) is 0 Å². The number of fused-ring (bicyclic) bond motifs is 11. The highest BCUT2D eigenvalue weighted by atomic mass is 32.2. The van der Waals surface area contributed by atoms with E-state index in [0.717, 1.165) is 44.0 Å². The zero-order valence-electron chi connectivity index (χ0n) is 40.6. The van der Waals surface area contributed by atoms with E-state index in [-0.39, 0.29) is 17.7 Å². The summed E-state index contributed by atoms with van der Waals surface area (Å²) in [6.45, 7) is 13.9. The molecule has 11 aromatic rings. The Morgan fingerprint density at radius 3 is 1.87 bits per heavy atom. The maximum atomic E-state index is 6.96. The molecule has 9 aromatic carbocycles. The predicted molar refractivity (Wildman–Crippen MR) is 304 cm³/mol. The van der Waals surface area contributed by atoms with Crippen LogP contribution in [0.3, 0.4) is 0 Å². The van der Waals surface area contributed by atoms with Crippen LogP contribution in [0.15, 0.2) is 204 Å². The number of thiophene rings is 1. The Kier molecular flexibility index (Phi) is 9.28. The third kappa shape index (κ3) is 6.52. The van der Waals surface area contributed by atoms with E-state index in [0.29, 0.717) is 0 Å². The van der Waals surface area contributed by atoms with Crippen LogP contribution in [0.2, 0.25) is 0 Å². The van der Waals surface area contributed by atoms with Crippen molar-refractivity contribution in [2.45, 2.75) is 62.2 Å². The first-order chi connectivity index (χ1) is 34.5. The van der Waals surface area contributed by atoms with Crippen molar-refractivity contribution < 1.29 is 4.74 Å². The van der Waals surface area contributed by atoms with E-state index >= 15 is 0 Å². The quantitative estimate of drug-likeness (QED) is 0.160. The average molecular weight is 952 g/mol. The molecule has 342 valence electrons. The summed E-state index contributed by atoms with van der Waals surface area (Å²) >= 11 is 3.72. The number of nitrogens with zero attached hydrogens (tertiary/aromatic N) is 3. The molecule has 0 aliphatic carbocycles. The van der Waals surface area contributed by atoms with Gasteiger partial charge in [-0.2, -0.15) is 0 Å². The lowest BCUT2D eigenvalue weighted by molar-refractivity contribution is 0.455. The largest absolute Gasteiger partial charge is 0.455 e. The van der Waals surface area contributed by atoms with Crippen LogP contribution in [0, 0.1) is 0 Å². The van der Waals surface area contributed by atoms with Crippen LogP contribution >= 0.6 is 23.1 Å². The van der Waals surface area contributed by atoms with E-state index < -0.39 is 0 Å². The molecule has 4 nitrogen and oxygen atoms in total. The Labute approximate surface area is 423 Å². The molecule has 0 bridgehead atoms. The second-order valence-corrected chi connectivity index (χ2v) is 23.5. The van der Waals surface area contributed by atoms with Crippen molar-refractivity contribution in [3.8, 4) is 33.8 Å². The van der Waals surface area contributed by atoms with Crippen molar-refractivity contribution in [1.29, 1.82) is 0 Å². The molecular weight excluding hydrogens is 902 g/mol. The van der Waals surface area contributed by atoms with Crippen molar-refractivity contribution in [2.24, 2.45) is 0 Å². The van der Waals surface area contributed by atoms with E-state index in [2.05, 4.69) is 250 Å². The molecule has 0 N–H and O–H groups in total. The van der Waals surface area contributed by atoms with Crippen LogP contribution < -0.4 is 25.5 Å². The monoisotopic (exact) mass is 951 g/mol. The summed E-state index contributed by atoms with van der Waals surface area (Å²) < 4.78 is 12.3. The molecule has 2 aromatic heterocycles. The van der Waals surface area contributed by atoms with E-state index in [1.54, 1.807) is 11.8 Å². The van der Waals surface area contributed by atoms with Crippen LogP contribution in [0.5, 0.6) is 11.5 Å². The second-order valence-electron chi connectivity index (χ2n) is 21.3. The predicted octanol–water partition coefficient (Wildman–Crippen LogP) is 17.4. The highest BCUT2D eigenvalue weighted by Gasteiger charge is 2.46. The van der Waals surface area contributed by atoms with Gasteiger partial charge in [-0.15, -0.1) is 11.3 Å². The first-order valence-electron chi connectivity index (χ1n) is 24.7. The van der Waals surface area contributed by atoms with E-state index in [1.807, 2.05) is 11.3 Å². The Hall–Kier alpha value is -7.45. The normalized spacial score (nSPS) is 13.5. The first-order valence-corrected chi connectivity index (χ1v) is 26.3. The van der Waals surface area contributed by atoms with Crippen LogP contribution in [0.1, 0.15) is 52.7 Å². The molecular formula is C64H50BN3OS2. The molecule has 0 amide bonds. The van der Waals surface area contributed by atoms with Crippen molar-refractivity contribution in [2.75, 3.05) is 9.80 Å². The fourth-order valence-electron chi connectivity index (χ4n) is 11.4. The van der Waals surface area contributed by atoms with Crippen molar-refractivity contribution >= 4 is 106 Å². The van der Waals surface area contributed by atoms with Gasteiger partial charge in [0.1, 0.15) is 11.5 Å². The van der Waals surface area contributed by atoms with Crippen LogP contribution in [0.4, 0.5) is 34.1 Å². The highest BCUT2D eigenvalue weighted by Crippen LogP contribution is 2.55. The molecule has 7 heteroatoms. The van der Waals surface area contributed by atoms with Crippen molar-refractivity contribution in [1.82, 2.24) is 4.48 Å². The minimum absolute atomic E-state index is 0.0536. The lowest BCUT2D eigenvalue weighted by Gasteiger charge is -2.43. The van der Waals surface area contributed by atoms with Crippen LogP contribution in [0.25, 0.3) is 53.5 Å². The van der Waals surface area contributed by atoms with Crippen LogP contribution in [-0.2, 0) is 10.8 Å². The Morgan fingerprint density at radius 2 is 1.14 bits per heavy atom. The van der Waals surface area contributed by atoms with Crippen LogP contribution in [-0.4, -0.2) is 11.3 Å². The molecule has 0 fully saturated rings. The minimum Gasteiger partial charge on any atom is -0.455 e. The van der Waals surface area contributed by atoms with E-state index in [1.165, 1.54) is 86.9 Å². The summed E-state index contributed by atoms with van der Waals surface area (Å²) in [4.78, 5) is 7.29. The van der Waals surface area contributed by atoms with Gasteiger partial charge in [0.2, 0.25) is 0 Å². The fraction of sp³-hybridized carbons (Fsp3) is 0.125. The molecule has 14 rings (SSSR count). The van der Waals surface area contributed by atoms with E-state index in [4.69, 9.17) is 4.74 Å². The minimum atomic E-state index is -0.166. The highest BCUT2D eigenvalue weighted by molar-refractivity contribution is 7.99. The summed E-state index contributed by atoms with van der Waals surface area (Å²) in [6.07, 6.45) is 0. The summed E-state index contributed by atoms with van der Waals surface area (Å²) in [7, 11) is 0. The molecule has 3 aliphatic heterocycles. The van der Waals surface area contributed by atoms with Gasteiger partial charge in [0.25, 0.3) is 0 Å². The van der Waals surface area contributed by atoms with Gasteiger partial charge in [-0.1, -0.05) is 162 Å². The third-order valence-electron chi connectivity index (χ3n) is 14.9. The molecule has 0 saturated heterocycles. The maximum absolute atomic E-state index is 6.96. The topological polar surface area (TPSA) is 20.6 Å². The molecule has 0 unspecified atom stereocenters. The van der Waals surface area contributed by atoms with E-state index in [9.17, 15) is 0 Å². The summed E-state index contributed by atoms with van der Waals surface area (Å²) in [5.74, 6) is 1.79. The maximum Gasteiger partial charge on any atom is 0.333 e. The fourth-order valence-corrected chi connectivity index (χ4v) is 13.6. The van der Waals surface area contributed by atoms with Gasteiger partial charge in [0, 0.05) is 60.6 Å². The number of aromatic nitrogens is 1. The Balaban J connectivity index is 1.15. The zero-order chi connectivity index (χ0) is 47.9. The number of anilines is 6. The molecule has 0 spiro atoms. The average Bonchev–Trinajstić information content (AvgIpc) is 3.92. The van der Waals surface area contributed by atoms with Gasteiger partial charge in [-0.3, -0.25) is 0 Å². The summed E-state index contributed by atoms with van der Waals surface area (Å²) in [6, 6.07) is 72.2. The number of rotatable bonds is 5. The molecule has 3 aliphatic rings. The molecule has 0 saturated carbocycles. The molecule has 0 atom stereocenters. The molecule has 0 radical (unpaired) electrons. The lowest BCUT2D eigenvalue weighted by atomic mass is 9.44.